The lowest BCUT2D eigenvalue weighted by atomic mass is 10.3. The Hall–Kier alpha value is -1.08. The van der Waals surface area contributed by atoms with Crippen molar-refractivity contribution in [2.45, 2.75) is 0 Å². The maximum Gasteiger partial charge on any atom is 0.248 e. The summed E-state index contributed by atoms with van der Waals surface area (Å²) in [6.07, 6.45) is 0. The van der Waals surface area contributed by atoms with E-state index in [0.29, 0.717) is 10.2 Å². The third-order valence-electron chi connectivity index (χ3n) is 0.991. The van der Waals surface area contributed by atoms with Gasteiger partial charge in [0.1, 0.15) is 10.7 Å². The second kappa shape index (κ2) is 2.67. The minimum atomic E-state index is -0.217. The van der Waals surface area contributed by atoms with Crippen molar-refractivity contribution < 1.29 is 0 Å². The Balaban J connectivity index is 3.37. The maximum absolute atomic E-state index is 10.6. The largest absolute Gasteiger partial charge is 0.316 e. The first kappa shape index (κ1) is 7.03. The summed E-state index contributed by atoms with van der Waals surface area (Å²) in [5.41, 5.74) is 0.213. The van der Waals surface area contributed by atoms with Crippen LogP contribution in [0, 0.1) is 11.3 Å². The van der Waals surface area contributed by atoms with Crippen LogP contribution in [0.25, 0.3) is 0 Å². The Morgan fingerprint density at radius 3 is 2.80 bits per heavy atom. The summed E-state index contributed by atoms with van der Waals surface area (Å²) in [5.74, 6) is 0. The number of H-pyrrole nitrogens is 1. The minimum absolute atomic E-state index is 0.217. The molecule has 0 saturated carbocycles. The molecule has 0 fully saturated rings. The van der Waals surface area contributed by atoms with Crippen LogP contribution in [-0.4, -0.2) is 4.98 Å². The van der Waals surface area contributed by atoms with Crippen molar-refractivity contribution in [1.82, 2.24) is 4.98 Å². The van der Waals surface area contributed by atoms with Gasteiger partial charge in [-0.25, -0.2) is 0 Å². The summed E-state index contributed by atoms with van der Waals surface area (Å²) < 4.78 is 0.433. The second-order valence-electron chi connectivity index (χ2n) is 1.66. The van der Waals surface area contributed by atoms with Crippen molar-refractivity contribution in [2.75, 3.05) is 0 Å². The van der Waals surface area contributed by atoms with E-state index in [9.17, 15) is 4.79 Å². The van der Waals surface area contributed by atoms with Crippen molar-refractivity contribution in [3.63, 3.8) is 0 Å². The van der Waals surface area contributed by atoms with Gasteiger partial charge in [-0.15, -0.1) is 0 Å². The van der Waals surface area contributed by atoms with Gasteiger partial charge in [0.15, 0.2) is 0 Å². The number of nitrogens with one attached hydrogen (secondary N) is 1. The van der Waals surface area contributed by atoms with Crippen LogP contribution in [0.5, 0.6) is 0 Å². The van der Waals surface area contributed by atoms with Gasteiger partial charge in [-0.3, -0.25) is 4.79 Å². The fourth-order valence-electron chi connectivity index (χ4n) is 0.536. The van der Waals surface area contributed by atoms with Crippen molar-refractivity contribution in [1.29, 1.82) is 5.26 Å². The molecule has 1 rings (SSSR count). The normalized spacial score (nSPS) is 8.80. The Morgan fingerprint density at radius 2 is 2.30 bits per heavy atom. The van der Waals surface area contributed by atoms with Crippen LogP contribution in [0.1, 0.15) is 5.56 Å². The summed E-state index contributed by atoms with van der Waals surface area (Å²) in [4.78, 5) is 13.0. The highest BCUT2D eigenvalue weighted by Crippen LogP contribution is 2.07. The lowest BCUT2D eigenvalue weighted by Crippen LogP contribution is -2.03. The molecule has 50 valence electrons. The summed E-state index contributed by atoms with van der Waals surface area (Å²) in [6, 6.07) is 4.68. The molecule has 0 aromatic carbocycles. The number of nitrogens with zero attached hydrogens (tertiary/aromatic N) is 1. The van der Waals surface area contributed by atoms with Gasteiger partial charge in [0.05, 0.1) is 5.56 Å². The van der Waals surface area contributed by atoms with Crippen LogP contribution < -0.4 is 5.56 Å². The number of halogens is 1. The highest BCUT2D eigenvalue weighted by molar-refractivity contribution is 9.10. The zero-order valence-electron chi connectivity index (χ0n) is 4.89. The van der Waals surface area contributed by atoms with Gasteiger partial charge in [0, 0.05) is 6.07 Å². The van der Waals surface area contributed by atoms with Crippen molar-refractivity contribution in [3.05, 3.63) is 32.7 Å². The molecule has 1 aromatic rings. The van der Waals surface area contributed by atoms with E-state index in [1.807, 2.05) is 6.07 Å². The van der Waals surface area contributed by atoms with Gasteiger partial charge in [-0.05, 0) is 22.0 Å². The summed E-state index contributed by atoms with van der Waals surface area (Å²) in [5, 5.41) is 8.41. The minimum Gasteiger partial charge on any atom is -0.316 e. The zero-order valence-corrected chi connectivity index (χ0v) is 6.47. The van der Waals surface area contributed by atoms with Crippen LogP contribution in [0.15, 0.2) is 21.5 Å². The summed E-state index contributed by atoms with van der Waals surface area (Å²) in [6.45, 7) is 0. The Bertz CT molecular complexity index is 336. The fourth-order valence-corrected chi connectivity index (χ4v) is 0.952. The first-order chi connectivity index (χ1) is 4.74. The molecular formula is C6H3BrN2O. The second-order valence-corrected chi connectivity index (χ2v) is 2.46. The van der Waals surface area contributed by atoms with E-state index in [4.69, 9.17) is 5.26 Å². The number of aromatic amines is 1. The quantitative estimate of drug-likeness (QED) is 0.633. The first-order valence-electron chi connectivity index (χ1n) is 2.53. The van der Waals surface area contributed by atoms with Crippen LogP contribution >= 0.6 is 15.9 Å². The zero-order chi connectivity index (χ0) is 7.56. The topological polar surface area (TPSA) is 56.6 Å². The molecule has 1 heterocycles. The van der Waals surface area contributed by atoms with E-state index < -0.39 is 0 Å². The molecular weight excluding hydrogens is 196 g/mol. The van der Waals surface area contributed by atoms with Crippen LogP contribution in [0.4, 0.5) is 0 Å². The van der Waals surface area contributed by atoms with E-state index in [-0.39, 0.29) is 5.56 Å². The van der Waals surface area contributed by atoms with Gasteiger partial charge < -0.3 is 4.98 Å². The molecule has 0 saturated heterocycles. The monoisotopic (exact) mass is 198 g/mol. The van der Waals surface area contributed by atoms with Gasteiger partial charge >= 0.3 is 0 Å². The smallest absolute Gasteiger partial charge is 0.248 e. The number of hydrogen-bond donors (Lipinski definition) is 1. The van der Waals surface area contributed by atoms with Crippen LogP contribution in [0.3, 0.4) is 0 Å². The number of aromatic nitrogens is 1. The number of rotatable bonds is 0. The average molecular weight is 199 g/mol. The predicted molar refractivity (Wildman–Crippen MR) is 39.5 cm³/mol. The molecule has 0 aliphatic carbocycles. The molecule has 0 radical (unpaired) electrons. The molecule has 1 N–H and O–H groups in total. The van der Waals surface area contributed by atoms with E-state index in [1.54, 1.807) is 0 Å². The lowest BCUT2D eigenvalue weighted by Gasteiger charge is -1.89. The van der Waals surface area contributed by atoms with Gasteiger partial charge in [-0.2, -0.15) is 5.26 Å². The van der Waals surface area contributed by atoms with E-state index in [2.05, 4.69) is 20.9 Å². The molecule has 0 aliphatic heterocycles. The van der Waals surface area contributed by atoms with Gasteiger partial charge in [0.25, 0.3) is 0 Å². The predicted octanol–water partition coefficient (Wildman–Crippen LogP) is 1.01. The molecule has 0 aliphatic rings. The SMILES string of the molecule is N#Cc1ccc(=O)[nH]c1Br. The van der Waals surface area contributed by atoms with E-state index >= 15 is 0 Å². The Kier molecular flexibility index (Phi) is 1.88. The molecule has 0 amide bonds. The summed E-state index contributed by atoms with van der Waals surface area (Å²) >= 11 is 3.03. The lowest BCUT2D eigenvalue weighted by molar-refractivity contribution is 1.18. The third kappa shape index (κ3) is 1.25. The van der Waals surface area contributed by atoms with Crippen LogP contribution in [-0.2, 0) is 0 Å². The highest BCUT2D eigenvalue weighted by Gasteiger charge is 1.95. The fraction of sp³-hybridized carbons (Fsp3) is 0. The molecule has 3 nitrogen and oxygen atoms in total. The van der Waals surface area contributed by atoms with Crippen LogP contribution in [0.2, 0.25) is 0 Å². The molecule has 0 bridgehead atoms. The van der Waals surface area contributed by atoms with Crippen molar-refractivity contribution in [3.8, 4) is 6.07 Å². The Labute approximate surface area is 65.4 Å². The van der Waals surface area contributed by atoms with Crippen molar-refractivity contribution in [2.24, 2.45) is 0 Å². The number of hydrogen-bond acceptors (Lipinski definition) is 2. The Morgan fingerprint density at radius 1 is 1.60 bits per heavy atom. The van der Waals surface area contributed by atoms with Gasteiger partial charge in [0.2, 0.25) is 5.56 Å². The molecule has 0 atom stereocenters. The molecule has 4 heteroatoms. The average Bonchev–Trinajstić information content (AvgIpc) is 1.88. The third-order valence-corrected chi connectivity index (χ3v) is 1.62. The standard InChI is InChI=1S/C6H3BrN2O/c7-6-4(3-8)1-2-5(10)9-6/h1-2H,(H,9,10). The summed E-state index contributed by atoms with van der Waals surface area (Å²) in [7, 11) is 0. The maximum atomic E-state index is 10.6. The number of pyridine rings is 1. The van der Waals surface area contributed by atoms with Crippen molar-refractivity contribution >= 4 is 15.9 Å². The van der Waals surface area contributed by atoms with E-state index in [1.165, 1.54) is 12.1 Å². The molecule has 0 unspecified atom stereocenters. The van der Waals surface area contributed by atoms with Gasteiger partial charge in [-0.1, -0.05) is 0 Å². The first-order valence-corrected chi connectivity index (χ1v) is 3.32. The number of nitriles is 1. The highest BCUT2D eigenvalue weighted by atomic mass is 79.9. The van der Waals surface area contributed by atoms with E-state index in [0.717, 1.165) is 0 Å². The molecule has 0 spiro atoms. The molecule has 10 heavy (non-hydrogen) atoms. The molecule has 1 aromatic heterocycles.